The summed E-state index contributed by atoms with van der Waals surface area (Å²) < 4.78 is 6.38. The third-order valence-corrected chi connectivity index (χ3v) is 10.3. The SMILES string of the molecule is CC(C)(C)c1ccccc1N1c2cc(-c3ccc4c(c3)oc3ccccc34)cc3c2B(c2ccccc2-3)c2cccc(C(C)(C)C)c21. The molecule has 0 unspecified atom stereocenters. The summed E-state index contributed by atoms with van der Waals surface area (Å²) in [6, 6.07) is 45.0. The van der Waals surface area contributed by atoms with Crippen molar-refractivity contribution >= 4 is 62.1 Å². The zero-order chi connectivity index (χ0) is 32.2. The molecular formula is C44H38BNO. The number of fused-ring (bicyclic) bond motifs is 8. The van der Waals surface area contributed by atoms with E-state index < -0.39 is 0 Å². The second kappa shape index (κ2) is 9.75. The molecule has 6 aromatic carbocycles. The third-order valence-electron chi connectivity index (χ3n) is 10.3. The number of furan rings is 1. The molecule has 0 saturated heterocycles. The summed E-state index contributed by atoms with van der Waals surface area (Å²) in [6.07, 6.45) is 0. The Balaban J connectivity index is 1.39. The second-order valence-electron chi connectivity index (χ2n) is 15.4. The third kappa shape index (κ3) is 4.12. The van der Waals surface area contributed by atoms with E-state index >= 15 is 0 Å². The van der Waals surface area contributed by atoms with Crippen LogP contribution in [0.3, 0.4) is 0 Å². The first kappa shape index (κ1) is 28.2. The van der Waals surface area contributed by atoms with Crippen molar-refractivity contribution in [3.8, 4) is 22.3 Å². The van der Waals surface area contributed by atoms with Gasteiger partial charge >= 0.3 is 0 Å². The standard InChI is InChI=1S/C44H38BNO/c1-43(2,3)33-16-9-11-20-37(33)46-38-25-28(27-22-23-31-30-15-8-12-21-39(30)47-40(31)26-27)24-32-29-14-7-10-18-35(29)45(41(32)38)36-19-13-17-34(42(36)46)44(4,5)6/h7-26H,1-6H3. The summed E-state index contributed by atoms with van der Waals surface area (Å²) >= 11 is 0. The van der Waals surface area contributed by atoms with Crippen molar-refractivity contribution in [2.75, 3.05) is 4.90 Å². The molecule has 0 spiro atoms. The Bertz CT molecular complexity index is 2400. The van der Waals surface area contributed by atoms with Crippen molar-refractivity contribution in [3.63, 3.8) is 0 Å². The van der Waals surface area contributed by atoms with E-state index in [-0.39, 0.29) is 17.5 Å². The Morgan fingerprint density at radius 1 is 0.511 bits per heavy atom. The van der Waals surface area contributed by atoms with Gasteiger partial charge in [-0.25, -0.2) is 0 Å². The van der Waals surface area contributed by atoms with Crippen molar-refractivity contribution in [2.45, 2.75) is 52.4 Å². The molecule has 3 heteroatoms. The summed E-state index contributed by atoms with van der Waals surface area (Å²) in [6.45, 7) is 14.2. The Kier molecular flexibility index (Phi) is 5.85. The van der Waals surface area contributed by atoms with Gasteiger partial charge in [-0.2, -0.15) is 0 Å². The fourth-order valence-electron chi connectivity index (χ4n) is 8.22. The average Bonchev–Trinajstić information content (AvgIpc) is 3.60. The number of benzene rings is 6. The highest BCUT2D eigenvalue weighted by Gasteiger charge is 2.45. The van der Waals surface area contributed by atoms with Crippen LogP contribution in [-0.2, 0) is 10.8 Å². The molecule has 7 aromatic rings. The lowest BCUT2D eigenvalue weighted by Crippen LogP contribution is -2.55. The molecule has 3 heterocycles. The highest BCUT2D eigenvalue weighted by Crippen LogP contribution is 2.48. The number of para-hydroxylation sites is 3. The van der Waals surface area contributed by atoms with Crippen LogP contribution in [0.5, 0.6) is 0 Å². The second-order valence-corrected chi connectivity index (χ2v) is 15.4. The average molecular weight is 608 g/mol. The lowest BCUT2D eigenvalue weighted by molar-refractivity contribution is 0.587. The minimum atomic E-state index is -0.0529. The fraction of sp³-hybridized carbons (Fsp3) is 0.182. The first-order valence-corrected chi connectivity index (χ1v) is 16.8. The zero-order valence-electron chi connectivity index (χ0n) is 28.0. The molecule has 9 rings (SSSR count). The maximum Gasteiger partial charge on any atom is 0.248 e. The normalized spacial score (nSPS) is 13.7. The fourth-order valence-corrected chi connectivity index (χ4v) is 8.22. The molecule has 228 valence electrons. The Morgan fingerprint density at radius 2 is 1.19 bits per heavy atom. The molecule has 47 heavy (non-hydrogen) atoms. The monoisotopic (exact) mass is 607 g/mol. The number of nitrogens with zero attached hydrogens (tertiary/aromatic N) is 1. The summed E-state index contributed by atoms with van der Waals surface area (Å²) in [5, 5.41) is 2.31. The largest absolute Gasteiger partial charge is 0.456 e. The smallest absolute Gasteiger partial charge is 0.248 e. The summed E-state index contributed by atoms with van der Waals surface area (Å²) in [7, 11) is 0. The number of hydrogen-bond acceptors (Lipinski definition) is 2. The van der Waals surface area contributed by atoms with Gasteiger partial charge in [0.2, 0.25) is 6.71 Å². The maximum atomic E-state index is 6.38. The lowest BCUT2D eigenvalue weighted by atomic mass is 9.36. The van der Waals surface area contributed by atoms with Gasteiger partial charge in [-0.3, -0.25) is 0 Å². The zero-order valence-corrected chi connectivity index (χ0v) is 28.0. The van der Waals surface area contributed by atoms with Gasteiger partial charge in [-0.05, 0) is 91.5 Å². The molecule has 0 N–H and O–H groups in total. The quantitative estimate of drug-likeness (QED) is 0.182. The van der Waals surface area contributed by atoms with Crippen LogP contribution in [0.1, 0.15) is 52.7 Å². The highest BCUT2D eigenvalue weighted by molar-refractivity contribution is 7.01. The van der Waals surface area contributed by atoms with E-state index in [9.17, 15) is 0 Å². The first-order chi connectivity index (χ1) is 22.6. The summed E-state index contributed by atoms with van der Waals surface area (Å²) in [4.78, 5) is 2.61. The van der Waals surface area contributed by atoms with Crippen molar-refractivity contribution in [2.24, 2.45) is 0 Å². The maximum absolute atomic E-state index is 6.38. The van der Waals surface area contributed by atoms with E-state index in [0.29, 0.717) is 0 Å². The van der Waals surface area contributed by atoms with Crippen molar-refractivity contribution in [1.29, 1.82) is 0 Å². The van der Waals surface area contributed by atoms with Crippen molar-refractivity contribution in [3.05, 3.63) is 132 Å². The van der Waals surface area contributed by atoms with Crippen LogP contribution >= 0.6 is 0 Å². The lowest BCUT2D eigenvalue weighted by Gasteiger charge is -2.41. The van der Waals surface area contributed by atoms with Gasteiger partial charge in [0.05, 0.1) is 0 Å². The van der Waals surface area contributed by atoms with Crippen molar-refractivity contribution in [1.82, 2.24) is 0 Å². The first-order valence-electron chi connectivity index (χ1n) is 16.8. The van der Waals surface area contributed by atoms with Gasteiger partial charge in [0.1, 0.15) is 11.2 Å². The molecule has 1 aromatic heterocycles. The van der Waals surface area contributed by atoms with Crippen LogP contribution < -0.4 is 21.3 Å². The Morgan fingerprint density at radius 3 is 2.02 bits per heavy atom. The molecular weight excluding hydrogens is 569 g/mol. The summed E-state index contributed by atoms with van der Waals surface area (Å²) in [5.74, 6) is 0. The minimum Gasteiger partial charge on any atom is -0.456 e. The molecule has 0 saturated carbocycles. The minimum absolute atomic E-state index is 0.0413. The van der Waals surface area contributed by atoms with E-state index in [4.69, 9.17) is 4.42 Å². The van der Waals surface area contributed by atoms with Gasteiger partial charge in [-0.15, -0.1) is 0 Å². The van der Waals surface area contributed by atoms with Crippen molar-refractivity contribution < 1.29 is 4.42 Å². The Labute approximate surface area is 277 Å². The van der Waals surface area contributed by atoms with E-state index in [2.05, 4.69) is 162 Å². The van der Waals surface area contributed by atoms with Crippen LogP contribution in [0.4, 0.5) is 17.1 Å². The highest BCUT2D eigenvalue weighted by atomic mass is 16.3. The molecule has 2 nitrogen and oxygen atoms in total. The number of hydrogen-bond donors (Lipinski definition) is 0. The predicted octanol–water partition coefficient (Wildman–Crippen LogP) is 10.1. The van der Waals surface area contributed by atoms with E-state index in [1.54, 1.807) is 0 Å². The number of rotatable bonds is 2. The van der Waals surface area contributed by atoms with Crippen LogP contribution in [-0.4, -0.2) is 6.71 Å². The molecule has 0 bridgehead atoms. The van der Waals surface area contributed by atoms with Gasteiger partial charge in [0.15, 0.2) is 0 Å². The summed E-state index contributed by atoms with van der Waals surface area (Å²) in [5.41, 5.74) is 17.5. The Hall–Kier alpha value is -5.02. The molecule has 0 radical (unpaired) electrons. The molecule has 2 aliphatic heterocycles. The van der Waals surface area contributed by atoms with E-state index in [1.807, 2.05) is 6.07 Å². The van der Waals surface area contributed by atoms with Crippen LogP contribution in [0, 0.1) is 0 Å². The molecule has 0 atom stereocenters. The molecule has 2 aliphatic rings. The number of anilines is 3. The van der Waals surface area contributed by atoms with Gasteiger partial charge in [-0.1, -0.05) is 132 Å². The molecule has 0 aliphatic carbocycles. The van der Waals surface area contributed by atoms with Crippen LogP contribution in [0.15, 0.2) is 126 Å². The molecule has 0 amide bonds. The molecule has 0 fully saturated rings. The topological polar surface area (TPSA) is 16.4 Å². The van der Waals surface area contributed by atoms with Gasteiger partial charge < -0.3 is 9.32 Å². The van der Waals surface area contributed by atoms with Crippen LogP contribution in [0.2, 0.25) is 0 Å². The van der Waals surface area contributed by atoms with E-state index in [1.165, 1.54) is 61.3 Å². The van der Waals surface area contributed by atoms with E-state index in [0.717, 1.165) is 27.5 Å². The van der Waals surface area contributed by atoms with Gasteiger partial charge in [0.25, 0.3) is 0 Å². The predicted molar refractivity (Wildman–Crippen MR) is 201 cm³/mol. The van der Waals surface area contributed by atoms with Crippen LogP contribution in [0.25, 0.3) is 44.2 Å². The van der Waals surface area contributed by atoms with Gasteiger partial charge in [0, 0.05) is 27.8 Å².